The van der Waals surface area contributed by atoms with E-state index in [0.717, 1.165) is 43.9 Å². The Kier molecular flexibility index (Phi) is 4.46. The second-order valence-electron chi connectivity index (χ2n) is 6.58. The molecule has 0 unspecified atom stereocenters. The number of benzene rings is 2. The van der Waals surface area contributed by atoms with E-state index < -0.39 is 0 Å². The standard InChI is InChI=1S/C20H23N3O2/c24-20(21-17-14-16-6-4-5-9-19(16)25-15-17)23-12-10-22(11-13-23)18-7-2-1-3-8-18/h1-9,17H,10-15H2,(H,21,24)/t17-/m0/s1. The Hall–Kier alpha value is -2.69. The van der Waals surface area contributed by atoms with Crippen molar-refractivity contribution in [1.29, 1.82) is 0 Å². The number of anilines is 1. The molecule has 0 aromatic heterocycles. The molecule has 0 aliphatic carbocycles. The average Bonchev–Trinajstić information content (AvgIpc) is 2.69. The van der Waals surface area contributed by atoms with E-state index in [9.17, 15) is 4.79 Å². The van der Waals surface area contributed by atoms with Crippen molar-refractivity contribution in [3.63, 3.8) is 0 Å². The number of rotatable bonds is 2. The highest BCUT2D eigenvalue weighted by molar-refractivity contribution is 5.75. The summed E-state index contributed by atoms with van der Waals surface area (Å²) in [6.07, 6.45) is 0.825. The van der Waals surface area contributed by atoms with Gasteiger partial charge in [0, 0.05) is 31.9 Å². The van der Waals surface area contributed by atoms with Gasteiger partial charge in [-0.05, 0) is 30.2 Å². The minimum atomic E-state index is 0.0145. The number of nitrogens with zero attached hydrogens (tertiary/aromatic N) is 2. The second kappa shape index (κ2) is 7.05. The van der Waals surface area contributed by atoms with Gasteiger partial charge in [-0.25, -0.2) is 4.79 Å². The highest BCUT2D eigenvalue weighted by atomic mass is 16.5. The molecule has 2 aliphatic heterocycles. The normalized spacial score (nSPS) is 19.8. The molecule has 2 aromatic rings. The molecule has 0 saturated carbocycles. The number of piperazine rings is 1. The molecule has 0 spiro atoms. The predicted octanol–water partition coefficient (Wildman–Crippen LogP) is 2.52. The van der Waals surface area contributed by atoms with Gasteiger partial charge >= 0.3 is 6.03 Å². The van der Waals surface area contributed by atoms with E-state index >= 15 is 0 Å². The molecule has 0 bridgehead atoms. The molecule has 0 radical (unpaired) electrons. The van der Waals surface area contributed by atoms with Crippen LogP contribution in [0.15, 0.2) is 54.6 Å². The third kappa shape index (κ3) is 3.55. The van der Waals surface area contributed by atoms with E-state index in [1.54, 1.807) is 0 Å². The summed E-state index contributed by atoms with van der Waals surface area (Å²) in [5.41, 5.74) is 2.38. The number of hydrogen-bond acceptors (Lipinski definition) is 3. The summed E-state index contributed by atoms with van der Waals surface area (Å²) in [7, 11) is 0. The summed E-state index contributed by atoms with van der Waals surface area (Å²) < 4.78 is 5.76. The van der Waals surface area contributed by atoms with Crippen LogP contribution in [-0.2, 0) is 6.42 Å². The summed E-state index contributed by atoms with van der Waals surface area (Å²) in [6.45, 7) is 3.74. The molecule has 2 heterocycles. The van der Waals surface area contributed by atoms with E-state index in [2.05, 4.69) is 40.5 Å². The molecule has 25 heavy (non-hydrogen) atoms. The van der Waals surface area contributed by atoms with Gasteiger partial charge in [0.1, 0.15) is 12.4 Å². The smallest absolute Gasteiger partial charge is 0.317 e. The first-order valence-corrected chi connectivity index (χ1v) is 8.86. The van der Waals surface area contributed by atoms with E-state index in [1.165, 1.54) is 5.69 Å². The highest BCUT2D eigenvalue weighted by Gasteiger charge is 2.25. The lowest BCUT2D eigenvalue weighted by molar-refractivity contribution is 0.178. The number of amides is 2. The van der Waals surface area contributed by atoms with Gasteiger partial charge in [-0.1, -0.05) is 36.4 Å². The summed E-state index contributed by atoms with van der Waals surface area (Å²) in [6, 6.07) is 18.4. The first-order valence-electron chi connectivity index (χ1n) is 8.86. The zero-order valence-electron chi connectivity index (χ0n) is 14.2. The number of para-hydroxylation sites is 2. The topological polar surface area (TPSA) is 44.8 Å². The molecule has 1 atom stereocenters. The molecule has 1 N–H and O–H groups in total. The molecule has 1 fully saturated rings. The number of urea groups is 1. The van der Waals surface area contributed by atoms with Crippen LogP contribution in [0.5, 0.6) is 5.75 Å². The maximum atomic E-state index is 12.6. The van der Waals surface area contributed by atoms with Crippen molar-refractivity contribution in [1.82, 2.24) is 10.2 Å². The van der Waals surface area contributed by atoms with Crippen molar-refractivity contribution in [2.45, 2.75) is 12.5 Å². The highest BCUT2D eigenvalue weighted by Crippen LogP contribution is 2.24. The van der Waals surface area contributed by atoms with Gasteiger partial charge in [0.15, 0.2) is 0 Å². The first-order chi connectivity index (χ1) is 12.3. The Morgan fingerprint density at radius 1 is 0.960 bits per heavy atom. The minimum absolute atomic E-state index is 0.0145. The number of fused-ring (bicyclic) bond motifs is 1. The fourth-order valence-electron chi connectivity index (χ4n) is 3.49. The molecule has 2 amide bonds. The first kappa shape index (κ1) is 15.8. The van der Waals surface area contributed by atoms with Crippen LogP contribution >= 0.6 is 0 Å². The quantitative estimate of drug-likeness (QED) is 0.916. The molecule has 2 aliphatic rings. The van der Waals surface area contributed by atoms with Crippen molar-refractivity contribution in [2.75, 3.05) is 37.7 Å². The Bertz CT molecular complexity index is 727. The third-order valence-electron chi connectivity index (χ3n) is 4.89. The van der Waals surface area contributed by atoms with Crippen LogP contribution in [-0.4, -0.2) is 49.8 Å². The van der Waals surface area contributed by atoms with Crippen LogP contribution in [0, 0.1) is 0 Å². The van der Waals surface area contributed by atoms with Crippen LogP contribution < -0.4 is 15.0 Å². The van der Waals surface area contributed by atoms with Crippen molar-refractivity contribution in [3.8, 4) is 5.75 Å². The van der Waals surface area contributed by atoms with E-state index in [1.807, 2.05) is 29.2 Å². The zero-order valence-corrected chi connectivity index (χ0v) is 14.2. The lowest BCUT2D eigenvalue weighted by Gasteiger charge is -2.37. The molecular formula is C20H23N3O2. The van der Waals surface area contributed by atoms with E-state index in [4.69, 9.17) is 4.74 Å². The maximum absolute atomic E-state index is 12.6. The number of ether oxygens (including phenoxy) is 1. The maximum Gasteiger partial charge on any atom is 0.317 e. The Morgan fingerprint density at radius 2 is 1.68 bits per heavy atom. The van der Waals surface area contributed by atoms with Gasteiger partial charge in [-0.3, -0.25) is 0 Å². The zero-order chi connectivity index (χ0) is 17.1. The Morgan fingerprint density at radius 3 is 2.48 bits per heavy atom. The third-order valence-corrected chi connectivity index (χ3v) is 4.89. The van der Waals surface area contributed by atoms with Gasteiger partial charge in [-0.2, -0.15) is 0 Å². The van der Waals surface area contributed by atoms with Crippen LogP contribution in [0.25, 0.3) is 0 Å². The van der Waals surface area contributed by atoms with Crippen LogP contribution in [0.3, 0.4) is 0 Å². The average molecular weight is 337 g/mol. The number of carbonyl (C=O) groups is 1. The van der Waals surface area contributed by atoms with Crippen LogP contribution in [0.1, 0.15) is 5.56 Å². The fraction of sp³-hybridized carbons (Fsp3) is 0.350. The molecule has 4 rings (SSSR count). The number of nitrogens with one attached hydrogen (secondary N) is 1. The molecule has 5 heteroatoms. The molecule has 1 saturated heterocycles. The van der Waals surface area contributed by atoms with Gasteiger partial charge in [0.05, 0.1) is 6.04 Å². The number of hydrogen-bond donors (Lipinski definition) is 1. The van der Waals surface area contributed by atoms with Crippen molar-refractivity contribution < 1.29 is 9.53 Å². The molecule has 130 valence electrons. The summed E-state index contributed by atoms with van der Waals surface area (Å²) in [5, 5.41) is 3.13. The fourth-order valence-corrected chi connectivity index (χ4v) is 3.49. The lowest BCUT2D eigenvalue weighted by Crippen LogP contribution is -2.55. The van der Waals surface area contributed by atoms with Crippen LogP contribution in [0.4, 0.5) is 10.5 Å². The Labute approximate surface area is 148 Å². The predicted molar refractivity (Wildman–Crippen MR) is 98.2 cm³/mol. The van der Waals surface area contributed by atoms with Crippen LogP contribution in [0.2, 0.25) is 0 Å². The Balaban J connectivity index is 1.30. The minimum Gasteiger partial charge on any atom is -0.491 e. The number of carbonyl (C=O) groups excluding carboxylic acids is 1. The van der Waals surface area contributed by atoms with Crippen molar-refractivity contribution >= 4 is 11.7 Å². The summed E-state index contributed by atoms with van der Waals surface area (Å²) in [5.74, 6) is 0.935. The molecule has 5 nitrogen and oxygen atoms in total. The van der Waals surface area contributed by atoms with Gasteiger partial charge < -0.3 is 19.9 Å². The lowest BCUT2D eigenvalue weighted by atomic mass is 10.0. The van der Waals surface area contributed by atoms with Gasteiger partial charge in [-0.15, -0.1) is 0 Å². The second-order valence-corrected chi connectivity index (χ2v) is 6.58. The van der Waals surface area contributed by atoms with Crippen molar-refractivity contribution in [3.05, 3.63) is 60.2 Å². The van der Waals surface area contributed by atoms with Gasteiger partial charge in [0.2, 0.25) is 0 Å². The van der Waals surface area contributed by atoms with Gasteiger partial charge in [0.25, 0.3) is 0 Å². The van der Waals surface area contributed by atoms with E-state index in [-0.39, 0.29) is 12.1 Å². The summed E-state index contributed by atoms with van der Waals surface area (Å²) in [4.78, 5) is 16.8. The molecule has 2 aromatic carbocycles. The summed E-state index contributed by atoms with van der Waals surface area (Å²) >= 11 is 0. The monoisotopic (exact) mass is 337 g/mol. The van der Waals surface area contributed by atoms with Crippen molar-refractivity contribution in [2.24, 2.45) is 0 Å². The molecular weight excluding hydrogens is 314 g/mol. The largest absolute Gasteiger partial charge is 0.491 e. The SMILES string of the molecule is O=C(N[C@@H]1COc2ccccc2C1)N1CCN(c2ccccc2)CC1. The van der Waals surface area contributed by atoms with E-state index in [0.29, 0.717) is 6.61 Å².